The quantitative estimate of drug-likeness (QED) is 0.239. The molecule has 0 aliphatic heterocycles. The van der Waals surface area contributed by atoms with Gasteiger partial charge in [-0.3, -0.25) is 4.79 Å². The zero-order valence-corrected chi connectivity index (χ0v) is 20.8. The molecule has 0 fully saturated rings. The van der Waals surface area contributed by atoms with Crippen molar-refractivity contribution in [1.82, 2.24) is 15.1 Å². The highest BCUT2D eigenvalue weighted by molar-refractivity contribution is 5.65. The van der Waals surface area contributed by atoms with Gasteiger partial charge in [-0.25, -0.2) is 0 Å². The normalized spacial score (nSPS) is 11.5. The van der Waals surface area contributed by atoms with E-state index in [1.165, 1.54) is 18.3 Å². The molecule has 0 saturated carbocycles. The van der Waals surface area contributed by atoms with Crippen LogP contribution in [0.2, 0.25) is 0 Å². The van der Waals surface area contributed by atoms with Crippen LogP contribution in [-0.2, 0) is 6.18 Å². The van der Waals surface area contributed by atoms with Crippen molar-refractivity contribution < 1.29 is 23.0 Å². The maximum absolute atomic E-state index is 13.4. The van der Waals surface area contributed by atoms with Crippen molar-refractivity contribution in [3.8, 4) is 34.1 Å². The van der Waals surface area contributed by atoms with Crippen LogP contribution >= 0.6 is 0 Å². The minimum atomic E-state index is -4.49. The summed E-state index contributed by atoms with van der Waals surface area (Å²) in [5.74, 6) is 0.513. The molecule has 38 heavy (non-hydrogen) atoms. The molecule has 3 N–H and O–H groups in total. The lowest BCUT2D eigenvalue weighted by Gasteiger charge is -2.16. The highest BCUT2D eigenvalue weighted by Gasteiger charge is 2.30. The predicted molar refractivity (Wildman–Crippen MR) is 140 cm³/mol. The number of anilines is 1. The van der Waals surface area contributed by atoms with Crippen LogP contribution in [0.1, 0.15) is 19.4 Å². The number of hydrogen-bond acceptors (Lipinski definition) is 6. The van der Waals surface area contributed by atoms with Gasteiger partial charge < -0.3 is 20.5 Å². The highest BCUT2D eigenvalue weighted by atomic mass is 19.4. The van der Waals surface area contributed by atoms with E-state index < -0.39 is 17.3 Å². The fourth-order valence-electron chi connectivity index (χ4n) is 3.68. The fraction of sp³-hybridized carbons (Fsp3) is 0.214. The topological polar surface area (TPSA) is 88.4 Å². The Hall–Kier alpha value is -4.31. The number of rotatable bonds is 9. The lowest BCUT2D eigenvalue weighted by molar-refractivity contribution is -0.137. The summed E-state index contributed by atoms with van der Waals surface area (Å²) in [6.07, 6.45) is -3.08. The molecule has 4 aromatic rings. The molecule has 0 saturated heterocycles. The zero-order chi connectivity index (χ0) is 27.3. The van der Waals surface area contributed by atoms with E-state index in [-0.39, 0.29) is 23.2 Å². The fourth-order valence-corrected chi connectivity index (χ4v) is 3.68. The first kappa shape index (κ1) is 26.7. The molecule has 0 atom stereocenters. The molecule has 0 amide bonds. The lowest BCUT2D eigenvalue weighted by Crippen LogP contribution is -2.29. The van der Waals surface area contributed by atoms with Gasteiger partial charge in [-0.15, -0.1) is 0 Å². The van der Waals surface area contributed by atoms with Gasteiger partial charge in [0, 0.05) is 19.1 Å². The van der Waals surface area contributed by atoms with Crippen molar-refractivity contribution in [1.29, 1.82) is 0 Å². The first-order valence-corrected chi connectivity index (χ1v) is 12.0. The predicted octanol–water partition coefficient (Wildman–Crippen LogP) is 5.83. The molecule has 198 valence electrons. The van der Waals surface area contributed by atoms with Crippen molar-refractivity contribution in [2.75, 3.05) is 18.4 Å². The van der Waals surface area contributed by atoms with Gasteiger partial charge in [-0.05, 0) is 59.7 Å². The number of phenols is 1. The van der Waals surface area contributed by atoms with Crippen molar-refractivity contribution in [3.05, 3.63) is 94.9 Å². The second-order valence-corrected chi connectivity index (χ2v) is 8.86. The number of aromatic hydroxyl groups is 1. The number of hydrogen-bond donors (Lipinski definition) is 3. The SMILES string of the molecule is CC(C)NCCNc1cnn(-c2ccc(C(F)(F)F)cc2)c(=O)c1Oc1ccc(-c2ccc(O)cc2)cc1. The molecule has 0 aliphatic rings. The van der Waals surface area contributed by atoms with Crippen molar-refractivity contribution in [3.63, 3.8) is 0 Å². The molecule has 4 rings (SSSR count). The third kappa shape index (κ3) is 6.51. The molecule has 1 aromatic heterocycles. The Morgan fingerprint density at radius 1 is 0.921 bits per heavy atom. The standard InChI is InChI=1S/C28H27F3N4O3/c1-18(2)32-15-16-33-25-17-34-35(22-9-7-21(8-10-22)28(29,30)31)27(37)26(25)38-24-13-5-20(6-14-24)19-3-11-23(36)12-4-19/h3-14,17-18,32-33,36H,15-16H2,1-2H3. The lowest BCUT2D eigenvalue weighted by atomic mass is 10.1. The molecular weight excluding hydrogens is 497 g/mol. The second kappa shape index (κ2) is 11.4. The van der Waals surface area contributed by atoms with Crippen molar-refractivity contribution in [2.45, 2.75) is 26.1 Å². The van der Waals surface area contributed by atoms with Crippen LogP contribution in [0.15, 0.2) is 83.8 Å². The molecule has 0 aliphatic carbocycles. The second-order valence-electron chi connectivity index (χ2n) is 8.86. The molecule has 0 bridgehead atoms. The Bertz CT molecular complexity index is 1420. The average Bonchev–Trinajstić information content (AvgIpc) is 2.89. The molecule has 0 spiro atoms. The van der Waals surface area contributed by atoms with E-state index in [1.807, 2.05) is 26.0 Å². The summed E-state index contributed by atoms with van der Waals surface area (Å²) in [5, 5.41) is 20.1. The van der Waals surface area contributed by atoms with Crippen LogP contribution in [0.3, 0.4) is 0 Å². The Kier molecular flexibility index (Phi) is 8.02. The summed E-state index contributed by atoms with van der Waals surface area (Å²) in [4.78, 5) is 13.4. The van der Waals surface area contributed by atoms with Gasteiger partial charge >= 0.3 is 11.7 Å². The number of benzene rings is 3. The van der Waals surface area contributed by atoms with Crippen LogP contribution in [0.25, 0.3) is 16.8 Å². The summed E-state index contributed by atoms with van der Waals surface area (Å²) >= 11 is 0. The van der Waals surface area contributed by atoms with E-state index in [9.17, 15) is 23.1 Å². The average molecular weight is 525 g/mol. The zero-order valence-electron chi connectivity index (χ0n) is 20.8. The van der Waals surface area contributed by atoms with Crippen LogP contribution in [0.4, 0.5) is 18.9 Å². The molecule has 0 radical (unpaired) electrons. The summed E-state index contributed by atoms with van der Waals surface area (Å²) in [7, 11) is 0. The third-order valence-corrected chi connectivity index (χ3v) is 5.64. The van der Waals surface area contributed by atoms with E-state index in [1.54, 1.807) is 36.4 Å². The maximum atomic E-state index is 13.4. The van der Waals surface area contributed by atoms with Crippen LogP contribution in [0.5, 0.6) is 17.2 Å². The highest BCUT2D eigenvalue weighted by Crippen LogP contribution is 2.31. The third-order valence-electron chi connectivity index (χ3n) is 5.64. The molecular formula is C28H27F3N4O3. The molecule has 3 aromatic carbocycles. The Labute approximate surface area is 217 Å². The summed E-state index contributed by atoms with van der Waals surface area (Å²) in [6.45, 7) is 5.15. The Morgan fingerprint density at radius 2 is 1.53 bits per heavy atom. The minimum absolute atomic E-state index is 0.0400. The van der Waals surface area contributed by atoms with Gasteiger partial charge in [0.05, 0.1) is 17.4 Å². The van der Waals surface area contributed by atoms with Crippen LogP contribution < -0.4 is 20.9 Å². The van der Waals surface area contributed by atoms with Gasteiger partial charge in [0.2, 0.25) is 5.75 Å². The van der Waals surface area contributed by atoms with Gasteiger partial charge in [-0.1, -0.05) is 38.1 Å². The molecule has 0 unspecified atom stereocenters. The molecule has 7 nitrogen and oxygen atoms in total. The number of aromatic nitrogens is 2. The largest absolute Gasteiger partial charge is 0.508 e. The summed E-state index contributed by atoms with van der Waals surface area (Å²) < 4.78 is 45.9. The van der Waals surface area contributed by atoms with E-state index in [2.05, 4.69) is 15.7 Å². The van der Waals surface area contributed by atoms with Crippen LogP contribution in [0, 0.1) is 0 Å². The maximum Gasteiger partial charge on any atom is 0.416 e. The van der Waals surface area contributed by atoms with Gasteiger partial charge in [0.1, 0.15) is 17.2 Å². The number of phenolic OH excluding ortho intramolecular Hbond substituents is 1. The molecule has 10 heteroatoms. The van der Waals surface area contributed by atoms with E-state index in [0.717, 1.165) is 27.9 Å². The smallest absolute Gasteiger partial charge is 0.416 e. The van der Waals surface area contributed by atoms with Crippen LogP contribution in [-0.4, -0.2) is 34.0 Å². The summed E-state index contributed by atoms with van der Waals surface area (Å²) in [6, 6.07) is 18.2. The van der Waals surface area contributed by atoms with E-state index in [4.69, 9.17) is 4.74 Å². The first-order valence-electron chi connectivity index (χ1n) is 12.0. The number of alkyl halides is 3. The van der Waals surface area contributed by atoms with Crippen molar-refractivity contribution >= 4 is 5.69 Å². The first-order chi connectivity index (χ1) is 18.1. The van der Waals surface area contributed by atoms with E-state index >= 15 is 0 Å². The van der Waals surface area contributed by atoms with Crippen molar-refractivity contribution in [2.24, 2.45) is 0 Å². The molecule has 1 heterocycles. The number of nitrogens with zero attached hydrogens (tertiary/aromatic N) is 2. The van der Waals surface area contributed by atoms with Gasteiger partial charge in [-0.2, -0.15) is 23.0 Å². The number of halogens is 3. The van der Waals surface area contributed by atoms with Gasteiger partial charge in [0.25, 0.3) is 0 Å². The monoisotopic (exact) mass is 524 g/mol. The van der Waals surface area contributed by atoms with E-state index in [0.29, 0.717) is 24.5 Å². The Balaban J connectivity index is 1.64. The Morgan fingerprint density at radius 3 is 2.11 bits per heavy atom. The van der Waals surface area contributed by atoms with Gasteiger partial charge in [0.15, 0.2) is 0 Å². The summed E-state index contributed by atoms with van der Waals surface area (Å²) in [5.41, 5.74) is 0.842. The number of nitrogens with one attached hydrogen (secondary N) is 2. The minimum Gasteiger partial charge on any atom is -0.508 e. The number of ether oxygens (including phenoxy) is 1.